The molecule has 0 amide bonds. The topological polar surface area (TPSA) is 110 Å². The van der Waals surface area contributed by atoms with E-state index >= 15 is 0 Å². The Balaban J connectivity index is 1.39. The van der Waals surface area contributed by atoms with Crippen LogP contribution in [0.25, 0.3) is 10.8 Å². The number of phenolic OH excluding ortho intramolecular Hbond substituents is 2. The summed E-state index contributed by atoms with van der Waals surface area (Å²) in [6.07, 6.45) is 0.798. The minimum Gasteiger partial charge on any atom is -0.506 e. The number of hydrogen-bond acceptors (Lipinski definition) is 7. The molecule has 0 aliphatic rings. The lowest BCUT2D eigenvalue weighted by Crippen LogP contribution is -1.88. The second-order valence-corrected chi connectivity index (χ2v) is 8.51. The lowest BCUT2D eigenvalue weighted by atomic mass is 10.0. The van der Waals surface area contributed by atoms with Crippen molar-refractivity contribution in [3.05, 3.63) is 120 Å². The van der Waals surface area contributed by atoms with Crippen LogP contribution in [0.5, 0.6) is 11.5 Å². The second kappa shape index (κ2) is 10.8. The third-order valence-corrected chi connectivity index (χ3v) is 5.93. The maximum atomic E-state index is 10.8. The Kier molecular flexibility index (Phi) is 6.96. The van der Waals surface area contributed by atoms with E-state index in [-0.39, 0.29) is 29.5 Å². The van der Waals surface area contributed by atoms with E-state index in [0.29, 0.717) is 22.3 Å². The van der Waals surface area contributed by atoms with Gasteiger partial charge in [-0.3, -0.25) is 0 Å². The summed E-state index contributed by atoms with van der Waals surface area (Å²) >= 11 is 0. The second-order valence-electron chi connectivity index (χ2n) is 8.51. The van der Waals surface area contributed by atoms with E-state index in [4.69, 9.17) is 0 Å². The van der Waals surface area contributed by atoms with Crippen molar-refractivity contribution in [2.45, 2.75) is 13.0 Å². The third kappa shape index (κ3) is 5.52. The monoisotopic (exact) mass is 488 g/mol. The van der Waals surface area contributed by atoms with Gasteiger partial charge in [0.15, 0.2) is 5.75 Å². The smallest absolute Gasteiger partial charge is 0.150 e. The molecule has 0 aliphatic heterocycles. The molecule has 0 spiro atoms. The van der Waals surface area contributed by atoms with Crippen molar-refractivity contribution in [2.75, 3.05) is 0 Å². The van der Waals surface area contributed by atoms with Gasteiger partial charge in [-0.2, -0.15) is 10.2 Å². The van der Waals surface area contributed by atoms with Gasteiger partial charge in [0.05, 0.1) is 18.0 Å². The number of azo groups is 2. The van der Waals surface area contributed by atoms with E-state index in [0.717, 1.165) is 17.4 Å². The van der Waals surface area contributed by atoms with Gasteiger partial charge in [0.2, 0.25) is 0 Å². The number of nitrogens with zero attached hydrogens (tertiary/aromatic N) is 4. The Morgan fingerprint density at radius 1 is 0.568 bits per heavy atom. The molecule has 0 bridgehead atoms. The molecular weight excluding hydrogens is 464 g/mol. The summed E-state index contributed by atoms with van der Waals surface area (Å²) in [6.45, 7) is -0.321. The minimum absolute atomic E-state index is 0.00247. The van der Waals surface area contributed by atoms with Gasteiger partial charge < -0.3 is 15.3 Å². The molecule has 7 nitrogen and oxygen atoms in total. The van der Waals surface area contributed by atoms with Gasteiger partial charge in [0.1, 0.15) is 17.1 Å². The predicted octanol–water partition coefficient (Wildman–Crippen LogP) is 8.16. The number of hydrogen-bond donors (Lipinski definition) is 3. The summed E-state index contributed by atoms with van der Waals surface area (Å²) in [6, 6.07) is 31.7. The van der Waals surface area contributed by atoms with Crippen molar-refractivity contribution in [3.8, 4) is 11.5 Å². The van der Waals surface area contributed by atoms with Gasteiger partial charge in [0.25, 0.3) is 0 Å². The zero-order valence-corrected chi connectivity index (χ0v) is 19.9. The maximum Gasteiger partial charge on any atom is 0.150 e. The SMILES string of the molecule is OCc1cc(N=Nc2ccc3cc(Cc4ccccc4)ccc3c2O)c(O)cc1N=Nc1ccccc1. The molecule has 0 saturated heterocycles. The summed E-state index contributed by atoms with van der Waals surface area (Å²) in [5.41, 5.74) is 4.16. The molecule has 0 aromatic heterocycles. The zero-order chi connectivity index (χ0) is 25.6. The molecule has 0 unspecified atom stereocenters. The molecule has 0 fully saturated rings. The number of aromatic hydroxyl groups is 2. The van der Waals surface area contributed by atoms with E-state index in [1.54, 1.807) is 18.2 Å². The normalized spacial score (nSPS) is 11.6. The fourth-order valence-corrected chi connectivity index (χ4v) is 4.00. The highest BCUT2D eigenvalue weighted by molar-refractivity contribution is 5.92. The minimum atomic E-state index is -0.321. The first-order valence-corrected chi connectivity index (χ1v) is 11.7. The summed E-state index contributed by atoms with van der Waals surface area (Å²) in [7, 11) is 0. The molecular formula is C30H24N4O3. The van der Waals surface area contributed by atoms with Crippen molar-refractivity contribution in [3.63, 3.8) is 0 Å². The predicted molar refractivity (Wildman–Crippen MR) is 144 cm³/mol. The van der Waals surface area contributed by atoms with Crippen LogP contribution < -0.4 is 0 Å². The van der Waals surface area contributed by atoms with E-state index in [1.807, 2.05) is 60.7 Å². The standard InChI is InChI=1S/C30H24N4O3/c35-19-23-17-28(29(36)18-27(23)33-31-24-9-5-2-6-10-24)34-32-26-14-12-22-16-21(11-13-25(22)30(26)37)15-20-7-3-1-4-8-20/h1-14,16-18,35-37H,15,19H2. The number of rotatable bonds is 7. The van der Waals surface area contributed by atoms with E-state index in [2.05, 4.69) is 32.6 Å². The van der Waals surface area contributed by atoms with Crippen LogP contribution in [0.3, 0.4) is 0 Å². The highest BCUT2D eigenvalue weighted by atomic mass is 16.3. The number of aliphatic hydroxyl groups excluding tert-OH is 1. The van der Waals surface area contributed by atoms with Gasteiger partial charge >= 0.3 is 0 Å². The Hall–Kier alpha value is -4.88. The molecule has 5 aromatic rings. The van der Waals surface area contributed by atoms with Crippen LogP contribution in [-0.2, 0) is 13.0 Å². The first kappa shape index (κ1) is 23.8. The molecule has 0 atom stereocenters. The average Bonchev–Trinajstić information content (AvgIpc) is 2.93. The van der Waals surface area contributed by atoms with Crippen LogP contribution in [0.1, 0.15) is 16.7 Å². The van der Waals surface area contributed by atoms with Crippen LogP contribution in [-0.4, -0.2) is 15.3 Å². The molecule has 0 aliphatic carbocycles. The molecule has 3 N–H and O–H groups in total. The molecule has 0 saturated carbocycles. The number of aliphatic hydroxyl groups is 1. The van der Waals surface area contributed by atoms with Crippen LogP contribution in [0.15, 0.2) is 124 Å². The fraction of sp³-hybridized carbons (Fsp3) is 0.0667. The van der Waals surface area contributed by atoms with Crippen molar-refractivity contribution in [1.29, 1.82) is 0 Å². The Morgan fingerprint density at radius 3 is 2.03 bits per heavy atom. The average molecular weight is 489 g/mol. The van der Waals surface area contributed by atoms with Gasteiger partial charge in [-0.1, -0.05) is 72.8 Å². The summed E-state index contributed by atoms with van der Waals surface area (Å²) in [5, 5.41) is 49.2. The first-order valence-electron chi connectivity index (χ1n) is 11.7. The largest absolute Gasteiger partial charge is 0.506 e. The highest BCUT2D eigenvalue weighted by Crippen LogP contribution is 2.39. The summed E-state index contributed by atoms with van der Waals surface area (Å²) < 4.78 is 0. The maximum absolute atomic E-state index is 10.8. The lowest BCUT2D eigenvalue weighted by molar-refractivity contribution is 0.282. The number of fused-ring (bicyclic) bond motifs is 1. The molecule has 182 valence electrons. The first-order chi connectivity index (χ1) is 18.1. The lowest BCUT2D eigenvalue weighted by Gasteiger charge is -2.08. The van der Waals surface area contributed by atoms with Crippen LogP contribution in [0.2, 0.25) is 0 Å². The Bertz CT molecular complexity index is 1600. The van der Waals surface area contributed by atoms with Gasteiger partial charge in [-0.05, 0) is 47.2 Å². The molecule has 7 heteroatoms. The zero-order valence-electron chi connectivity index (χ0n) is 19.9. The van der Waals surface area contributed by atoms with E-state index in [1.165, 1.54) is 17.7 Å². The van der Waals surface area contributed by atoms with E-state index in [9.17, 15) is 15.3 Å². The number of phenols is 2. The van der Waals surface area contributed by atoms with Crippen molar-refractivity contribution < 1.29 is 15.3 Å². The highest BCUT2D eigenvalue weighted by Gasteiger charge is 2.11. The van der Waals surface area contributed by atoms with Crippen molar-refractivity contribution in [2.24, 2.45) is 20.5 Å². The van der Waals surface area contributed by atoms with Crippen LogP contribution in [0, 0.1) is 0 Å². The fourth-order valence-electron chi connectivity index (χ4n) is 4.00. The van der Waals surface area contributed by atoms with Crippen LogP contribution in [0.4, 0.5) is 22.7 Å². The summed E-state index contributed by atoms with van der Waals surface area (Å²) in [5.74, 6) is -0.170. The van der Waals surface area contributed by atoms with Crippen molar-refractivity contribution >= 4 is 33.5 Å². The molecule has 37 heavy (non-hydrogen) atoms. The number of benzene rings is 5. The molecule has 0 radical (unpaired) electrons. The third-order valence-electron chi connectivity index (χ3n) is 5.93. The van der Waals surface area contributed by atoms with Gasteiger partial charge in [-0.15, -0.1) is 10.2 Å². The molecule has 5 aromatic carbocycles. The van der Waals surface area contributed by atoms with Gasteiger partial charge in [0, 0.05) is 17.0 Å². The summed E-state index contributed by atoms with van der Waals surface area (Å²) in [4.78, 5) is 0. The van der Waals surface area contributed by atoms with E-state index < -0.39 is 0 Å². The Morgan fingerprint density at radius 2 is 1.27 bits per heavy atom. The van der Waals surface area contributed by atoms with Crippen molar-refractivity contribution in [1.82, 2.24) is 0 Å². The van der Waals surface area contributed by atoms with Crippen LogP contribution >= 0.6 is 0 Å². The van der Waals surface area contributed by atoms with Gasteiger partial charge in [-0.25, -0.2) is 0 Å². The molecule has 5 rings (SSSR count). The Labute approximate surface area is 213 Å². The quantitative estimate of drug-likeness (QED) is 0.201. The molecule has 0 heterocycles.